The van der Waals surface area contributed by atoms with E-state index in [1.807, 2.05) is 0 Å². The van der Waals surface area contributed by atoms with Crippen molar-refractivity contribution in [1.29, 1.82) is 0 Å². The van der Waals surface area contributed by atoms with Crippen LogP contribution in [0, 0.1) is 0 Å². The predicted molar refractivity (Wildman–Crippen MR) is 67.0 cm³/mol. The lowest BCUT2D eigenvalue weighted by Gasteiger charge is -2.40. The summed E-state index contributed by atoms with van der Waals surface area (Å²) in [6.45, 7) is 4.94. The Morgan fingerprint density at radius 1 is 1.53 bits per heavy atom. The van der Waals surface area contributed by atoms with Crippen LogP contribution in [0.15, 0.2) is 4.99 Å². The topological polar surface area (TPSA) is 54.1 Å². The summed E-state index contributed by atoms with van der Waals surface area (Å²) in [5.74, 6) is 0.718. The number of guanidine groups is 1. The molecule has 2 fully saturated rings. The van der Waals surface area contributed by atoms with Crippen LogP contribution in [0.4, 0.5) is 0 Å². The molecule has 0 radical (unpaired) electrons. The van der Waals surface area contributed by atoms with E-state index >= 15 is 0 Å². The molecule has 0 saturated carbocycles. The molecule has 2 saturated heterocycles. The van der Waals surface area contributed by atoms with E-state index in [0.717, 1.165) is 25.7 Å². The third-order valence-corrected chi connectivity index (χ3v) is 4.66. The highest BCUT2D eigenvalue weighted by atomic mass is 16.5. The molecular formula is C12H22N4O. The maximum absolute atomic E-state index is 6.06. The van der Waals surface area contributed by atoms with E-state index in [9.17, 15) is 0 Å². The van der Waals surface area contributed by atoms with Crippen LogP contribution in [0.5, 0.6) is 0 Å². The zero-order chi connectivity index (χ0) is 11.9. The number of methoxy groups -OCH3 is 1. The van der Waals surface area contributed by atoms with E-state index in [1.54, 1.807) is 7.11 Å². The Bertz CT molecular complexity index is 332. The molecule has 1 spiro atoms. The molecule has 0 aliphatic carbocycles. The van der Waals surface area contributed by atoms with Crippen molar-refractivity contribution in [3.05, 3.63) is 0 Å². The summed E-state index contributed by atoms with van der Waals surface area (Å²) in [4.78, 5) is 9.44. The summed E-state index contributed by atoms with van der Waals surface area (Å²) in [6.07, 6.45) is 3.82. The number of ether oxygens (including phenoxy) is 1. The Hall–Kier alpha value is -0.810. The molecule has 5 heteroatoms. The van der Waals surface area contributed by atoms with Crippen LogP contribution >= 0.6 is 0 Å². The minimum atomic E-state index is 0.180. The molecule has 3 aliphatic heterocycles. The number of rotatable bonds is 3. The standard InChI is InChI=1S/C12H22N4O/c1-17-8-7-16-11(13)14-9-12(16)4-6-15-5-2-3-10(12)15/h10H,2-9H2,1H3,(H2,13,14). The van der Waals surface area contributed by atoms with Gasteiger partial charge < -0.3 is 15.4 Å². The Balaban J connectivity index is 1.81. The highest BCUT2D eigenvalue weighted by Gasteiger charge is 2.55. The molecule has 3 aliphatic rings. The molecule has 0 aromatic carbocycles. The monoisotopic (exact) mass is 238 g/mol. The molecule has 17 heavy (non-hydrogen) atoms. The van der Waals surface area contributed by atoms with E-state index in [0.29, 0.717) is 6.04 Å². The van der Waals surface area contributed by atoms with Gasteiger partial charge in [-0.05, 0) is 25.8 Å². The molecule has 96 valence electrons. The van der Waals surface area contributed by atoms with Crippen molar-refractivity contribution in [1.82, 2.24) is 9.80 Å². The lowest BCUT2D eigenvalue weighted by atomic mass is 9.87. The molecule has 3 rings (SSSR count). The van der Waals surface area contributed by atoms with Crippen LogP contribution in [0.1, 0.15) is 19.3 Å². The van der Waals surface area contributed by atoms with Crippen LogP contribution in [-0.2, 0) is 4.74 Å². The zero-order valence-electron chi connectivity index (χ0n) is 10.6. The first-order valence-corrected chi connectivity index (χ1v) is 6.58. The summed E-state index contributed by atoms with van der Waals surface area (Å²) < 4.78 is 5.20. The maximum atomic E-state index is 6.06. The van der Waals surface area contributed by atoms with Gasteiger partial charge in [0.2, 0.25) is 0 Å². The Morgan fingerprint density at radius 3 is 3.24 bits per heavy atom. The van der Waals surface area contributed by atoms with Crippen LogP contribution in [-0.4, -0.2) is 67.2 Å². The number of hydrogen-bond donors (Lipinski definition) is 1. The van der Waals surface area contributed by atoms with Gasteiger partial charge in [-0.15, -0.1) is 0 Å². The quantitative estimate of drug-likeness (QED) is 0.744. The van der Waals surface area contributed by atoms with Crippen LogP contribution in [0.2, 0.25) is 0 Å². The summed E-state index contributed by atoms with van der Waals surface area (Å²) in [5.41, 5.74) is 6.24. The predicted octanol–water partition coefficient (Wildman–Crippen LogP) is -0.130. The Labute approximate surface area is 103 Å². The maximum Gasteiger partial charge on any atom is 0.192 e. The van der Waals surface area contributed by atoms with Gasteiger partial charge in [0.25, 0.3) is 0 Å². The van der Waals surface area contributed by atoms with Gasteiger partial charge in [-0.1, -0.05) is 0 Å². The first-order chi connectivity index (χ1) is 8.28. The fourth-order valence-corrected chi connectivity index (χ4v) is 3.84. The van der Waals surface area contributed by atoms with Gasteiger partial charge in [0.1, 0.15) is 0 Å². The fourth-order valence-electron chi connectivity index (χ4n) is 3.84. The highest BCUT2D eigenvalue weighted by Crippen LogP contribution is 2.42. The van der Waals surface area contributed by atoms with Crippen molar-refractivity contribution < 1.29 is 4.74 Å². The number of hydrogen-bond acceptors (Lipinski definition) is 5. The molecule has 2 N–H and O–H groups in total. The number of fused-ring (bicyclic) bond motifs is 2. The van der Waals surface area contributed by atoms with Gasteiger partial charge in [-0.2, -0.15) is 0 Å². The van der Waals surface area contributed by atoms with Gasteiger partial charge in [0, 0.05) is 26.2 Å². The fraction of sp³-hybridized carbons (Fsp3) is 0.917. The van der Waals surface area contributed by atoms with E-state index in [4.69, 9.17) is 10.5 Å². The SMILES string of the molecule is COCCN1C(N)=NCC12CCN1CCCC12. The highest BCUT2D eigenvalue weighted by molar-refractivity contribution is 5.81. The number of nitrogens with two attached hydrogens (primary N) is 1. The molecule has 0 aromatic rings. The Kier molecular flexibility index (Phi) is 2.75. The molecular weight excluding hydrogens is 216 g/mol. The van der Waals surface area contributed by atoms with Crippen LogP contribution < -0.4 is 5.73 Å². The van der Waals surface area contributed by atoms with Crippen LogP contribution in [0.25, 0.3) is 0 Å². The lowest BCUT2D eigenvalue weighted by Crippen LogP contribution is -2.58. The van der Waals surface area contributed by atoms with E-state index in [2.05, 4.69) is 14.8 Å². The van der Waals surface area contributed by atoms with Gasteiger partial charge >= 0.3 is 0 Å². The van der Waals surface area contributed by atoms with Crippen molar-refractivity contribution in [3.63, 3.8) is 0 Å². The van der Waals surface area contributed by atoms with E-state index in [-0.39, 0.29) is 5.54 Å². The number of aliphatic imine (C=N–C) groups is 1. The van der Waals surface area contributed by atoms with Gasteiger partial charge in [-0.3, -0.25) is 9.89 Å². The molecule has 5 nitrogen and oxygen atoms in total. The second-order valence-electron chi connectivity index (χ2n) is 5.37. The average Bonchev–Trinajstić information content (AvgIpc) is 2.97. The van der Waals surface area contributed by atoms with Crippen molar-refractivity contribution in [2.45, 2.75) is 30.8 Å². The third-order valence-electron chi connectivity index (χ3n) is 4.66. The summed E-state index contributed by atoms with van der Waals surface area (Å²) in [6, 6.07) is 0.657. The van der Waals surface area contributed by atoms with Crippen molar-refractivity contribution >= 4 is 5.96 Å². The van der Waals surface area contributed by atoms with Crippen LogP contribution in [0.3, 0.4) is 0 Å². The molecule has 0 amide bonds. The summed E-state index contributed by atoms with van der Waals surface area (Å²) in [5, 5.41) is 0. The van der Waals surface area contributed by atoms with Gasteiger partial charge in [0.15, 0.2) is 5.96 Å². The molecule has 0 bridgehead atoms. The largest absolute Gasteiger partial charge is 0.383 e. The number of nitrogens with zero attached hydrogens (tertiary/aromatic N) is 3. The molecule has 2 unspecified atom stereocenters. The second-order valence-corrected chi connectivity index (χ2v) is 5.37. The molecule has 3 heterocycles. The van der Waals surface area contributed by atoms with Crippen molar-refractivity contribution in [2.75, 3.05) is 39.9 Å². The van der Waals surface area contributed by atoms with Crippen molar-refractivity contribution in [3.8, 4) is 0 Å². The first-order valence-electron chi connectivity index (χ1n) is 6.58. The smallest absolute Gasteiger partial charge is 0.192 e. The lowest BCUT2D eigenvalue weighted by molar-refractivity contribution is 0.107. The van der Waals surface area contributed by atoms with E-state index in [1.165, 1.54) is 32.4 Å². The van der Waals surface area contributed by atoms with E-state index < -0.39 is 0 Å². The normalized spacial score (nSPS) is 36.9. The van der Waals surface area contributed by atoms with Gasteiger partial charge in [-0.25, -0.2) is 0 Å². The first kappa shape index (κ1) is 11.3. The summed E-state index contributed by atoms with van der Waals surface area (Å²) in [7, 11) is 1.74. The second kappa shape index (κ2) is 4.14. The van der Waals surface area contributed by atoms with Crippen molar-refractivity contribution in [2.24, 2.45) is 10.7 Å². The molecule has 2 atom stereocenters. The third kappa shape index (κ3) is 1.56. The molecule has 0 aromatic heterocycles. The Morgan fingerprint density at radius 2 is 2.41 bits per heavy atom. The zero-order valence-corrected chi connectivity index (χ0v) is 10.6. The average molecular weight is 238 g/mol. The summed E-state index contributed by atoms with van der Waals surface area (Å²) >= 11 is 0. The minimum Gasteiger partial charge on any atom is -0.383 e. The van der Waals surface area contributed by atoms with Gasteiger partial charge in [0.05, 0.1) is 18.7 Å². The minimum absolute atomic E-state index is 0.180.